The van der Waals surface area contributed by atoms with Gasteiger partial charge in [0.2, 0.25) is 0 Å². The molecule has 1 amide bonds. The van der Waals surface area contributed by atoms with E-state index in [2.05, 4.69) is 5.32 Å². The lowest BCUT2D eigenvalue weighted by Crippen LogP contribution is -2.23. The molecule has 200 valence electrons. The van der Waals surface area contributed by atoms with Crippen LogP contribution in [0.1, 0.15) is 16.1 Å². The van der Waals surface area contributed by atoms with E-state index >= 15 is 0 Å². The first-order valence-electron chi connectivity index (χ1n) is 12.4. The number of hydrogen-bond acceptors (Lipinski definition) is 6. The largest absolute Gasteiger partial charge is 0.495 e. The van der Waals surface area contributed by atoms with E-state index in [0.29, 0.717) is 44.5 Å². The fourth-order valence-electron chi connectivity index (χ4n) is 4.83. The number of carbonyl (C=O) groups excluding carboxylic acids is 1. The SMILES string of the molecule is COc1ccc(-n2c(N)c(C(=O)Nc3c(C)n(C)n(-c4ccccc4)c3=O)c3nc4ccccc4nc32)cc1Cl. The number of nitrogen functional groups attached to an aromatic ring is 1. The maximum atomic E-state index is 13.9. The lowest BCUT2D eigenvalue weighted by atomic mass is 10.2. The van der Waals surface area contributed by atoms with Gasteiger partial charge in [0.1, 0.15) is 28.3 Å². The van der Waals surface area contributed by atoms with E-state index in [4.69, 9.17) is 32.0 Å². The Balaban J connectivity index is 1.54. The zero-order chi connectivity index (χ0) is 28.1. The topological polar surface area (TPSA) is 122 Å². The zero-order valence-corrected chi connectivity index (χ0v) is 22.6. The van der Waals surface area contributed by atoms with Crippen LogP contribution in [0.25, 0.3) is 33.6 Å². The van der Waals surface area contributed by atoms with Crippen LogP contribution in [0.4, 0.5) is 11.5 Å². The van der Waals surface area contributed by atoms with Gasteiger partial charge in [-0.05, 0) is 49.4 Å². The maximum Gasteiger partial charge on any atom is 0.295 e. The Morgan fingerprint density at radius 3 is 2.33 bits per heavy atom. The van der Waals surface area contributed by atoms with Crippen LogP contribution in [0.3, 0.4) is 0 Å². The van der Waals surface area contributed by atoms with Gasteiger partial charge >= 0.3 is 0 Å². The second kappa shape index (κ2) is 9.58. The molecular weight excluding hydrogens is 530 g/mol. The van der Waals surface area contributed by atoms with E-state index in [1.54, 1.807) is 47.5 Å². The molecule has 0 saturated heterocycles. The Labute approximate surface area is 233 Å². The van der Waals surface area contributed by atoms with Gasteiger partial charge in [0, 0.05) is 7.05 Å². The summed E-state index contributed by atoms with van der Waals surface area (Å²) < 4.78 is 10.1. The second-order valence-corrected chi connectivity index (χ2v) is 9.60. The van der Waals surface area contributed by atoms with Crippen molar-refractivity contribution >= 4 is 51.2 Å². The third kappa shape index (κ3) is 3.88. The van der Waals surface area contributed by atoms with Crippen molar-refractivity contribution in [1.29, 1.82) is 0 Å². The van der Waals surface area contributed by atoms with E-state index in [9.17, 15) is 9.59 Å². The number of fused-ring (bicyclic) bond motifs is 2. The lowest BCUT2D eigenvalue weighted by Gasteiger charge is -2.10. The average Bonchev–Trinajstić information content (AvgIpc) is 3.35. The highest BCUT2D eigenvalue weighted by Crippen LogP contribution is 2.34. The molecule has 3 aromatic heterocycles. The van der Waals surface area contributed by atoms with E-state index in [0.717, 1.165) is 0 Å². The summed E-state index contributed by atoms with van der Waals surface area (Å²) in [6.07, 6.45) is 0. The van der Waals surface area contributed by atoms with Crippen LogP contribution >= 0.6 is 11.6 Å². The number of nitrogens with one attached hydrogen (secondary N) is 1. The molecule has 11 heteroatoms. The average molecular weight is 554 g/mol. The molecule has 0 fully saturated rings. The number of carbonyl (C=O) groups is 1. The van der Waals surface area contributed by atoms with E-state index in [1.165, 1.54) is 11.8 Å². The van der Waals surface area contributed by atoms with Gasteiger partial charge in [-0.3, -0.25) is 18.8 Å². The summed E-state index contributed by atoms with van der Waals surface area (Å²) >= 11 is 6.42. The monoisotopic (exact) mass is 553 g/mol. The van der Waals surface area contributed by atoms with Gasteiger partial charge in [-0.25, -0.2) is 14.6 Å². The molecule has 0 atom stereocenters. The van der Waals surface area contributed by atoms with Gasteiger partial charge in [-0.2, -0.15) is 0 Å². The normalized spacial score (nSPS) is 11.3. The zero-order valence-electron chi connectivity index (χ0n) is 21.8. The molecule has 0 saturated carbocycles. The first-order valence-corrected chi connectivity index (χ1v) is 12.7. The first kappa shape index (κ1) is 25.2. The molecule has 0 aliphatic rings. The van der Waals surface area contributed by atoms with Crippen molar-refractivity contribution in [2.24, 2.45) is 7.05 Å². The first-order chi connectivity index (χ1) is 19.3. The van der Waals surface area contributed by atoms with Crippen LogP contribution in [-0.2, 0) is 7.05 Å². The van der Waals surface area contributed by atoms with Gasteiger partial charge in [-0.15, -0.1) is 0 Å². The Kier molecular flexibility index (Phi) is 6.04. The lowest BCUT2D eigenvalue weighted by molar-refractivity contribution is 0.102. The molecule has 10 nitrogen and oxygen atoms in total. The number of amides is 1. The number of benzene rings is 3. The van der Waals surface area contributed by atoms with Crippen LogP contribution in [0.15, 0.2) is 77.6 Å². The minimum atomic E-state index is -0.587. The van der Waals surface area contributed by atoms with Crippen molar-refractivity contribution in [3.63, 3.8) is 0 Å². The Morgan fingerprint density at radius 2 is 1.65 bits per heavy atom. The van der Waals surface area contributed by atoms with Crippen molar-refractivity contribution in [1.82, 2.24) is 23.9 Å². The summed E-state index contributed by atoms with van der Waals surface area (Å²) in [6, 6.07) is 21.7. The molecule has 6 aromatic rings. The highest BCUT2D eigenvalue weighted by Gasteiger charge is 2.27. The summed E-state index contributed by atoms with van der Waals surface area (Å²) in [7, 11) is 3.28. The number of rotatable bonds is 5. The molecule has 0 spiro atoms. The molecule has 0 radical (unpaired) electrons. The minimum absolute atomic E-state index is 0.0918. The molecule has 40 heavy (non-hydrogen) atoms. The van der Waals surface area contributed by atoms with Crippen LogP contribution in [0.5, 0.6) is 5.75 Å². The van der Waals surface area contributed by atoms with Crippen LogP contribution in [-0.4, -0.2) is 36.9 Å². The Hall–Kier alpha value is -5.09. The number of hydrogen-bond donors (Lipinski definition) is 2. The number of nitrogens with zero attached hydrogens (tertiary/aromatic N) is 5. The summed E-state index contributed by atoms with van der Waals surface area (Å²) in [5.74, 6) is 0.00154. The Morgan fingerprint density at radius 1 is 0.975 bits per heavy atom. The molecule has 0 unspecified atom stereocenters. The van der Waals surface area contributed by atoms with Gasteiger partial charge in [-0.1, -0.05) is 41.9 Å². The minimum Gasteiger partial charge on any atom is -0.495 e. The van der Waals surface area contributed by atoms with Crippen molar-refractivity contribution in [3.05, 3.63) is 99.4 Å². The predicted octanol–water partition coefficient (Wildman–Crippen LogP) is 4.87. The number of aromatic nitrogens is 5. The molecule has 6 rings (SSSR count). The standard InChI is InChI=1S/C29H24ClN7O3/c1-16-24(29(39)37(35(16)2)17-9-5-4-6-10-17)34-28(38)23-25-27(33-21-12-8-7-11-20(21)32-25)36(26(23)31)18-13-14-22(40-3)19(30)15-18/h4-15H,31H2,1-3H3,(H,34,38). The van der Waals surface area contributed by atoms with E-state index in [1.807, 2.05) is 48.5 Å². The van der Waals surface area contributed by atoms with Crippen molar-refractivity contribution in [3.8, 4) is 17.1 Å². The molecule has 3 heterocycles. The fraction of sp³-hybridized carbons (Fsp3) is 0.103. The predicted molar refractivity (Wildman–Crippen MR) is 156 cm³/mol. The third-order valence-electron chi connectivity index (χ3n) is 6.91. The molecule has 3 aromatic carbocycles. The van der Waals surface area contributed by atoms with Crippen molar-refractivity contribution in [2.75, 3.05) is 18.2 Å². The summed E-state index contributed by atoms with van der Waals surface area (Å²) in [6.45, 7) is 1.76. The number of halogens is 1. The van der Waals surface area contributed by atoms with Crippen LogP contribution in [0, 0.1) is 6.92 Å². The van der Waals surface area contributed by atoms with Crippen LogP contribution < -0.4 is 21.3 Å². The van der Waals surface area contributed by atoms with Crippen molar-refractivity contribution < 1.29 is 9.53 Å². The summed E-state index contributed by atoms with van der Waals surface area (Å²) in [4.78, 5) is 36.9. The van der Waals surface area contributed by atoms with Crippen LogP contribution in [0.2, 0.25) is 5.02 Å². The molecular formula is C29H24ClN7O3. The number of para-hydroxylation sites is 3. The van der Waals surface area contributed by atoms with Crippen molar-refractivity contribution in [2.45, 2.75) is 6.92 Å². The fourth-order valence-corrected chi connectivity index (χ4v) is 5.08. The highest BCUT2D eigenvalue weighted by atomic mass is 35.5. The number of nitrogens with two attached hydrogens (primary N) is 1. The number of ether oxygens (including phenoxy) is 1. The van der Waals surface area contributed by atoms with Gasteiger partial charge in [0.05, 0.1) is 40.2 Å². The maximum absolute atomic E-state index is 13.9. The van der Waals surface area contributed by atoms with Gasteiger partial charge in [0.25, 0.3) is 11.5 Å². The Bertz CT molecular complexity index is 2010. The van der Waals surface area contributed by atoms with E-state index < -0.39 is 5.91 Å². The van der Waals surface area contributed by atoms with E-state index in [-0.39, 0.29) is 28.1 Å². The highest BCUT2D eigenvalue weighted by molar-refractivity contribution is 6.32. The smallest absolute Gasteiger partial charge is 0.295 e. The molecule has 3 N–H and O–H groups in total. The molecule has 0 aliphatic carbocycles. The third-order valence-corrected chi connectivity index (χ3v) is 7.21. The molecule has 0 aliphatic heterocycles. The number of anilines is 2. The summed E-state index contributed by atoms with van der Waals surface area (Å²) in [5, 5.41) is 3.16. The second-order valence-electron chi connectivity index (χ2n) is 9.19. The summed E-state index contributed by atoms with van der Waals surface area (Å²) in [5.41, 5.74) is 10.2. The van der Waals surface area contributed by atoms with Gasteiger partial charge < -0.3 is 15.8 Å². The quantitative estimate of drug-likeness (QED) is 0.314. The molecule has 0 bridgehead atoms. The number of methoxy groups -OCH3 is 1. The van der Waals surface area contributed by atoms with Gasteiger partial charge in [0.15, 0.2) is 5.65 Å².